The van der Waals surface area contributed by atoms with Gasteiger partial charge in [0, 0.05) is 32.3 Å². The minimum Gasteiger partial charge on any atom is -0.383 e. The Morgan fingerprint density at radius 3 is 2.64 bits per heavy atom. The van der Waals surface area contributed by atoms with Crippen molar-refractivity contribution in [2.24, 2.45) is 0 Å². The Morgan fingerprint density at radius 1 is 1.50 bits per heavy atom. The lowest BCUT2D eigenvalue weighted by Crippen LogP contribution is -2.39. The zero-order valence-corrected chi connectivity index (χ0v) is 9.39. The van der Waals surface area contributed by atoms with Crippen molar-refractivity contribution in [3.05, 3.63) is 12.2 Å². The first-order chi connectivity index (χ1) is 6.52. The topological polar surface area (TPSA) is 50.4 Å². The molecule has 2 N–H and O–H groups in total. The lowest BCUT2D eigenvalue weighted by atomic mass is 10.1. The van der Waals surface area contributed by atoms with E-state index in [1.165, 1.54) is 6.08 Å². The Hall–Kier alpha value is -0.870. The quantitative estimate of drug-likeness (QED) is 0.479. The molecule has 0 aliphatic rings. The second-order valence-corrected chi connectivity index (χ2v) is 3.59. The Morgan fingerprint density at radius 2 is 2.14 bits per heavy atom. The fraction of sp³-hybridized carbons (Fsp3) is 0.700. The van der Waals surface area contributed by atoms with Crippen molar-refractivity contribution >= 4 is 5.91 Å². The molecule has 0 rings (SSSR count). The van der Waals surface area contributed by atoms with Crippen LogP contribution in [0, 0.1) is 0 Å². The second-order valence-electron chi connectivity index (χ2n) is 3.59. The first kappa shape index (κ1) is 13.1. The van der Waals surface area contributed by atoms with Crippen LogP contribution in [0.1, 0.15) is 13.8 Å². The van der Waals surface area contributed by atoms with Crippen LogP contribution in [0.3, 0.4) is 0 Å². The van der Waals surface area contributed by atoms with Crippen LogP contribution in [-0.2, 0) is 9.53 Å². The molecule has 14 heavy (non-hydrogen) atoms. The lowest BCUT2D eigenvalue weighted by molar-refractivity contribution is -0.116. The average molecular weight is 200 g/mol. The molecule has 0 atom stereocenters. The SMILES string of the molecule is CNC(=O)/C=C/C(C)(C)NCCOC. The van der Waals surface area contributed by atoms with E-state index < -0.39 is 0 Å². The molecule has 4 nitrogen and oxygen atoms in total. The summed E-state index contributed by atoms with van der Waals surface area (Å²) in [5.41, 5.74) is -0.189. The Balaban J connectivity index is 3.92. The molecule has 0 aromatic heterocycles. The number of hydrogen-bond acceptors (Lipinski definition) is 3. The highest BCUT2D eigenvalue weighted by Crippen LogP contribution is 2.02. The van der Waals surface area contributed by atoms with Crippen LogP contribution >= 0.6 is 0 Å². The van der Waals surface area contributed by atoms with E-state index in [1.54, 1.807) is 14.2 Å². The Kier molecular flexibility index (Phi) is 6.16. The largest absolute Gasteiger partial charge is 0.383 e. The van der Waals surface area contributed by atoms with Crippen molar-refractivity contribution in [3.63, 3.8) is 0 Å². The Bertz CT molecular complexity index is 200. The number of ether oxygens (including phenoxy) is 1. The third-order valence-corrected chi connectivity index (χ3v) is 1.78. The first-order valence-corrected chi connectivity index (χ1v) is 4.67. The highest BCUT2D eigenvalue weighted by atomic mass is 16.5. The van der Waals surface area contributed by atoms with Crippen LogP contribution in [0.25, 0.3) is 0 Å². The van der Waals surface area contributed by atoms with Gasteiger partial charge >= 0.3 is 0 Å². The average Bonchev–Trinajstić information content (AvgIpc) is 2.14. The fourth-order valence-electron chi connectivity index (χ4n) is 0.902. The Labute approximate surface area is 85.7 Å². The fourth-order valence-corrected chi connectivity index (χ4v) is 0.902. The number of hydrogen-bond donors (Lipinski definition) is 2. The molecule has 0 radical (unpaired) electrons. The van der Waals surface area contributed by atoms with Crippen LogP contribution < -0.4 is 10.6 Å². The third kappa shape index (κ3) is 6.62. The van der Waals surface area contributed by atoms with Crippen molar-refractivity contribution in [2.45, 2.75) is 19.4 Å². The summed E-state index contributed by atoms with van der Waals surface area (Å²) in [5.74, 6) is -0.0911. The maximum Gasteiger partial charge on any atom is 0.243 e. The van der Waals surface area contributed by atoms with Gasteiger partial charge in [0.25, 0.3) is 0 Å². The minimum atomic E-state index is -0.189. The molecule has 0 saturated heterocycles. The zero-order valence-electron chi connectivity index (χ0n) is 9.39. The van der Waals surface area contributed by atoms with Gasteiger partial charge in [0.1, 0.15) is 0 Å². The highest BCUT2D eigenvalue weighted by molar-refractivity contribution is 5.87. The monoisotopic (exact) mass is 200 g/mol. The van der Waals surface area contributed by atoms with E-state index in [0.29, 0.717) is 6.61 Å². The van der Waals surface area contributed by atoms with Crippen molar-refractivity contribution in [3.8, 4) is 0 Å². The summed E-state index contributed by atoms with van der Waals surface area (Å²) in [7, 11) is 3.27. The van der Waals surface area contributed by atoms with Gasteiger partial charge in [0.05, 0.1) is 6.61 Å². The van der Waals surface area contributed by atoms with Gasteiger partial charge in [0.2, 0.25) is 5.91 Å². The van der Waals surface area contributed by atoms with Gasteiger partial charge in [-0.1, -0.05) is 6.08 Å². The molecular weight excluding hydrogens is 180 g/mol. The van der Waals surface area contributed by atoms with Crippen LogP contribution in [0.2, 0.25) is 0 Å². The van der Waals surface area contributed by atoms with Crippen molar-refractivity contribution in [1.29, 1.82) is 0 Å². The van der Waals surface area contributed by atoms with Crippen molar-refractivity contribution in [2.75, 3.05) is 27.3 Å². The smallest absolute Gasteiger partial charge is 0.243 e. The molecule has 0 aromatic carbocycles. The van der Waals surface area contributed by atoms with E-state index in [9.17, 15) is 4.79 Å². The van der Waals surface area contributed by atoms with Crippen molar-refractivity contribution < 1.29 is 9.53 Å². The summed E-state index contributed by atoms with van der Waals surface area (Å²) < 4.78 is 4.92. The number of carbonyl (C=O) groups excluding carboxylic acids is 1. The van der Waals surface area contributed by atoms with E-state index in [2.05, 4.69) is 10.6 Å². The molecule has 0 unspecified atom stereocenters. The molecule has 0 aliphatic carbocycles. The summed E-state index contributed by atoms with van der Waals surface area (Å²) >= 11 is 0. The number of rotatable bonds is 6. The number of methoxy groups -OCH3 is 1. The molecule has 82 valence electrons. The molecule has 0 aromatic rings. The third-order valence-electron chi connectivity index (χ3n) is 1.78. The zero-order chi connectivity index (χ0) is 11.0. The van der Waals surface area contributed by atoms with Crippen LogP contribution in [0.5, 0.6) is 0 Å². The standard InChI is InChI=1S/C10H20N2O2/c1-10(2,12-7-8-14-4)6-5-9(13)11-3/h5-6,12H,7-8H2,1-4H3,(H,11,13)/b6-5+. The van der Waals surface area contributed by atoms with Gasteiger partial charge in [-0.05, 0) is 13.8 Å². The molecule has 4 heteroatoms. The lowest BCUT2D eigenvalue weighted by Gasteiger charge is -2.21. The summed E-state index contributed by atoms with van der Waals surface area (Å²) in [6.07, 6.45) is 3.36. The van der Waals surface area contributed by atoms with E-state index >= 15 is 0 Å². The maximum absolute atomic E-state index is 10.9. The van der Waals surface area contributed by atoms with E-state index in [0.717, 1.165) is 6.54 Å². The van der Waals surface area contributed by atoms with Gasteiger partial charge in [-0.15, -0.1) is 0 Å². The second kappa shape index (κ2) is 6.56. The van der Waals surface area contributed by atoms with Crippen LogP contribution in [0.4, 0.5) is 0 Å². The minimum absolute atomic E-state index is 0.0911. The van der Waals surface area contributed by atoms with Gasteiger partial charge in [-0.25, -0.2) is 0 Å². The first-order valence-electron chi connectivity index (χ1n) is 4.67. The molecule has 0 aliphatic heterocycles. The number of nitrogens with one attached hydrogen (secondary N) is 2. The summed E-state index contributed by atoms with van der Waals surface area (Å²) in [6.45, 7) is 5.43. The molecule has 0 spiro atoms. The molecular formula is C10H20N2O2. The van der Waals surface area contributed by atoms with Crippen LogP contribution in [-0.4, -0.2) is 38.8 Å². The van der Waals surface area contributed by atoms with Crippen molar-refractivity contribution in [1.82, 2.24) is 10.6 Å². The maximum atomic E-state index is 10.9. The molecule has 0 bridgehead atoms. The molecule has 0 fully saturated rings. The highest BCUT2D eigenvalue weighted by Gasteiger charge is 2.11. The molecule has 0 heterocycles. The number of amides is 1. The summed E-state index contributed by atoms with van der Waals surface area (Å²) in [6, 6.07) is 0. The van der Waals surface area contributed by atoms with E-state index in [1.807, 2.05) is 19.9 Å². The normalized spacial score (nSPS) is 12.0. The summed E-state index contributed by atoms with van der Waals surface area (Å²) in [5, 5.41) is 5.77. The molecule has 0 saturated carbocycles. The predicted molar refractivity (Wildman–Crippen MR) is 57.2 cm³/mol. The predicted octanol–water partition coefficient (Wildman–Crippen LogP) is 0.303. The summed E-state index contributed by atoms with van der Waals surface area (Å²) in [4.78, 5) is 10.9. The number of likely N-dealkylation sites (N-methyl/N-ethyl adjacent to an activating group) is 1. The number of carbonyl (C=O) groups is 1. The molecule has 1 amide bonds. The van der Waals surface area contributed by atoms with E-state index in [4.69, 9.17) is 4.74 Å². The van der Waals surface area contributed by atoms with E-state index in [-0.39, 0.29) is 11.4 Å². The van der Waals surface area contributed by atoms with Gasteiger partial charge in [-0.2, -0.15) is 0 Å². The van der Waals surface area contributed by atoms with Gasteiger partial charge in [0.15, 0.2) is 0 Å². The van der Waals surface area contributed by atoms with Gasteiger partial charge in [-0.3, -0.25) is 4.79 Å². The van der Waals surface area contributed by atoms with Gasteiger partial charge < -0.3 is 15.4 Å². The van der Waals surface area contributed by atoms with Crippen LogP contribution in [0.15, 0.2) is 12.2 Å².